The molecule has 164 valence electrons. The van der Waals surface area contributed by atoms with Crippen molar-refractivity contribution in [3.8, 4) is 5.75 Å². The number of hydrogen-bond donors (Lipinski definition) is 2. The van der Waals surface area contributed by atoms with Crippen LogP contribution in [0.15, 0.2) is 42.5 Å². The monoisotopic (exact) mass is 425 g/mol. The van der Waals surface area contributed by atoms with E-state index < -0.39 is 17.9 Å². The molecule has 0 radical (unpaired) electrons. The number of cyclic esters (lactones) is 1. The Morgan fingerprint density at radius 1 is 1.26 bits per heavy atom. The average molecular weight is 425 g/mol. The summed E-state index contributed by atoms with van der Waals surface area (Å²) < 4.78 is 11.2. The van der Waals surface area contributed by atoms with Gasteiger partial charge >= 0.3 is 11.9 Å². The molecule has 3 rings (SSSR count). The third kappa shape index (κ3) is 5.63. The predicted molar refractivity (Wildman–Crippen MR) is 114 cm³/mol. The molecule has 0 aromatic heterocycles. The SMILES string of the molecule is CCCCC(NC(=O)COc1ccc(C2Cc3ccccc3C(=O)O2)cc1C)C(=O)O. The van der Waals surface area contributed by atoms with Gasteiger partial charge in [-0.25, -0.2) is 9.59 Å². The predicted octanol–water partition coefficient (Wildman–Crippen LogP) is 3.59. The number of carbonyl (C=O) groups is 3. The van der Waals surface area contributed by atoms with E-state index in [-0.39, 0.29) is 18.7 Å². The molecule has 0 saturated carbocycles. The first-order chi connectivity index (χ1) is 14.9. The van der Waals surface area contributed by atoms with Gasteiger partial charge in [-0.05, 0) is 48.2 Å². The number of benzene rings is 2. The normalized spacial score (nSPS) is 16.1. The van der Waals surface area contributed by atoms with Gasteiger partial charge in [0.25, 0.3) is 5.91 Å². The van der Waals surface area contributed by atoms with E-state index in [2.05, 4.69) is 5.32 Å². The quantitative estimate of drug-likeness (QED) is 0.596. The van der Waals surface area contributed by atoms with Crippen LogP contribution in [0.4, 0.5) is 0 Å². The lowest BCUT2D eigenvalue weighted by atomic mass is 9.94. The summed E-state index contributed by atoms with van der Waals surface area (Å²) in [5.41, 5.74) is 3.19. The Bertz CT molecular complexity index is 970. The molecule has 2 aromatic carbocycles. The largest absolute Gasteiger partial charge is 0.484 e. The molecule has 0 aliphatic carbocycles. The van der Waals surface area contributed by atoms with E-state index in [1.54, 1.807) is 12.1 Å². The molecule has 0 bridgehead atoms. The molecule has 1 amide bonds. The van der Waals surface area contributed by atoms with Crippen LogP contribution in [0.5, 0.6) is 5.75 Å². The molecular formula is C24H27NO6. The Hall–Kier alpha value is -3.35. The zero-order valence-corrected chi connectivity index (χ0v) is 17.7. The number of aryl methyl sites for hydroxylation is 1. The highest BCUT2D eigenvalue weighted by Gasteiger charge is 2.27. The second kappa shape index (κ2) is 10.1. The van der Waals surface area contributed by atoms with E-state index in [1.165, 1.54) is 0 Å². The van der Waals surface area contributed by atoms with E-state index in [0.29, 0.717) is 24.2 Å². The van der Waals surface area contributed by atoms with E-state index in [0.717, 1.165) is 29.5 Å². The summed E-state index contributed by atoms with van der Waals surface area (Å²) in [6, 6.07) is 11.9. The molecule has 1 aliphatic heterocycles. The molecule has 0 spiro atoms. The Morgan fingerprint density at radius 2 is 2.03 bits per heavy atom. The van der Waals surface area contributed by atoms with Crippen molar-refractivity contribution in [2.45, 2.75) is 51.7 Å². The minimum absolute atomic E-state index is 0.276. The standard InChI is InChI=1S/C24H27NO6/c1-3-4-9-19(23(27)28)25-22(26)14-30-20-11-10-17(12-15(20)2)21-13-16-7-5-6-8-18(16)24(29)31-21/h5-8,10-12,19,21H,3-4,9,13-14H2,1-2H3,(H,25,26)(H,27,28). The summed E-state index contributed by atoms with van der Waals surface area (Å²) in [7, 11) is 0. The van der Waals surface area contributed by atoms with Crippen LogP contribution in [0.3, 0.4) is 0 Å². The van der Waals surface area contributed by atoms with Crippen LogP contribution in [0.2, 0.25) is 0 Å². The maximum Gasteiger partial charge on any atom is 0.339 e. The number of rotatable bonds is 9. The van der Waals surface area contributed by atoms with Crippen molar-refractivity contribution in [3.05, 3.63) is 64.7 Å². The van der Waals surface area contributed by atoms with Crippen LogP contribution in [0.25, 0.3) is 0 Å². The summed E-state index contributed by atoms with van der Waals surface area (Å²) in [6.07, 6.45) is 2.17. The minimum atomic E-state index is -1.05. The average Bonchev–Trinajstić information content (AvgIpc) is 2.75. The van der Waals surface area contributed by atoms with Gasteiger partial charge in [0, 0.05) is 6.42 Å². The van der Waals surface area contributed by atoms with Crippen molar-refractivity contribution in [3.63, 3.8) is 0 Å². The van der Waals surface area contributed by atoms with Crippen molar-refractivity contribution >= 4 is 17.8 Å². The van der Waals surface area contributed by atoms with Crippen LogP contribution in [-0.4, -0.2) is 35.6 Å². The highest BCUT2D eigenvalue weighted by atomic mass is 16.5. The minimum Gasteiger partial charge on any atom is -0.484 e. The van der Waals surface area contributed by atoms with Gasteiger partial charge in [-0.3, -0.25) is 4.79 Å². The summed E-state index contributed by atoms with van der Waals surface area (Å²) in [5, 5.41) is 11.7. The van der Waals surface area contributed by atoms with Crippen molar-refractivity contribution < 1.29 is 29.0 Å². The van der Waals surface area contributed by atoms with Gasteiger partial charge in [-0.1, -0.05) is 44.0 Å². The molecule has 0 fully saturated rings. The van der Waals surface area contributed by atoms with Crippen LogP contribution in [0, 0.1) is 6.92 Å². The molecule has 7 heteroatoms. The van der Waals surface area contributed by atoms with Crippen molar-refractivity contribution in [2.24, 2.45) is 0 Å². The molecular weight excluding hydrogens is 398 g/mol. The van der Waals surface area contributed by atoms with Crippen molar-refractivity contribution in [1.29, 1.82) is 0 Å². The second-order valence-electron chi connectivity index (χ2n) is 7.67. The summed E-state index contributed by atoms with van der Waals surface area (Å²) in [4.78, 5) is 35.6. The fourth-order valence-corrected chi connectivity index (χ4v) is 3.60. The molecule has 2 N–H and O–H groups in total. The molecule has 31 heavy (non-hydrogen) atoms. The fourth-order valence-electron chi connectivity index (χ4n) is 3.60. The first-order valence-electron chi connectivity index (χ1n) is 10.4. The van der Waals surface area contributed by atoms with Crippen LogP contribution < -0.4 is 10.1 Å². The number of nitrogens with one attached hydrogen (secondary N) is 1. The number of carboxylic acid groups (broad SMARTS) is 1. The molecule has 0 saturated heterocycles. The number of aliphatic carboxylic acids is 1. The number of fused-ring (bicyclic) bond motifs is 1. The molecule has 7 nitrogen and oxygen atoms in total. The number of esters is 1. The number of amides is 1. The third-order valence-electron chi connectivity index (χ3n) is 5.30. The molecule has 1 heterocycles. The van der Waals surface area contributed by atoms with Crippen molar-refractivity contribution in [1.82, 2.24) is 5.32 Å². The van der Waals surface area contributed by atoms with Gasteiger partial charge in [0.05, 0.1) is 5.56 Å². The summed E-state index contributed by atoms with van der Waals surface area (Å²) in [6.45, 7) is 3.53. The Balaban J connectivity index is 1.60. The van der Waals surface area contributed by atoms with Crippen LogP contribution in [0.1, 0.15) is 59.3 Å². The lowest BCUT2D eigenvalue weighted by Crippen LogP contribution is -2.42. The molecule has 2 aromatic rings. The number of unbranched alkanes of at least 4 members (excludes halogenated alkanes) is 1. The Kier molecular flexibility index (Phi) is 7.28. The Labute approximate surface area is 181 Å². The van der Waals surface area contributed by atoms with Gasteiger partial charge in [0.2, 0.25) is 0 Å². The van der Waals surface area contributed by atoms with E-state index >= 15 is 0 Å². The first kappa shape index (κ1) is 22.3. The van der Waals surface area contributed by atoms with Gasteiger partial charge in [-0.15, -0.1) is 0 Å². The zero-order chi connectivity index (χ0) is 22.4. The highest BCUT2D eigenvalue weighted by molar-refractivity contribution is 5.92. The van der Waals surface area contributed by atoms with E-state index in [9.17, 15) is 19.5 Å². The van der Waals surface area contributed by atoms with Gasteiger partial charge < -0.3 is 19.9 Å². The molecule has 2 atom stereocenters. The molecule has 2 unspecified atom stereocenters. The number of hydrogen-bond acceptors (Lipinski definition) is 5. The maximum absolute atomic E-state index is 12.3. The number of carboxylic acids is 1. The van der Waals surface area contributed by atoms with Gasteiger partial charge in [-0.2, -0.15) is 0 Å². The van der Waals surface area contributed by atoms with E-state index in [4.69, 9.17) is 9.47 Å². The van der Waals surface area contributed by atoms with Crippen LogP contribution in [-0.2, 0) is 20.7 Å². The summed E-state index contributed by atoms with van der Waals surface area (Å²) >= 11 is 0. The maximum atomic E-state index is 12.3. The second-order valence-corrected chi connectivity index (χ2v) is 7.67. The third-order valence-corrected chi connectivity index (χ3v) is 5.30. The Morgan fingerprint density at radius 3 is 2.74 bits per heavy atom. The topological polar surface area (TPSA) is 102 Å². The smallest absolute Gasteiger partial charge is 0.339 e. The van der Waals surface area contributed by atoms with Gasteiger partial charge in [0.1, 0.15) is 17.9 Å². The van der Waals surface area contributed by atoms with Gasteiger partial charge in [0.15, 0.2) is 6.61 Å². The lowest BCUT2D eigenvalue weighted by molar-refractivity contribution is -0.142. The highest BCUT2D eigenvalue weighted by Crippen LogP contribution is 2.32. The zero-order valence-electron chi connectivity index (χ0n) is 17.7. The fraction of sp³-hybridized carbons (Fsp3) is 0.375. The number of ether oxygens (including phenoxy) is 2. The first-order valence-corrected chi connectivity index (χ1v) is 10.4. The van der Waals surface area contributed by atoms with Crippen LogP contribution >= 0.6 is 0 Å². The molecule has 1 aliphatic rings. The van der Waals surface area contributed by atoms with Crippen molar-refractivity contribution in [2.75, 3.05) is 6.61 Å². The summed E-state index contributed by atoms with van der Waals surface area (Å²) in [5.74, 6) is -1.35. The lowest BCUT2D eigenvalue weighted by Gasteiger charge is -2.25. The van der Waals surface area contributed by atoms with E-state index in [1.807, 2.05) is 44.2 Å². The number of carbonyl (C=O) groups excluding carboxylic acids is 2.